The zero-order chi connectivity index (χ0) is 21.6. The maximum absolute atomic E-state index is 12.5. The van der Waals surface area contributed by atoms with Crippen LogP contribution in [0.25, 0.3) is 0 Å². The van der Waals surface area contributed by atoms with Crippen molar-refractivity contribution in [2.24, 2.45) is 0 Å². The van der Waals surface area contributed by atoms with Crippen LogP contribution in [0.5, 0.6) is 5.75 Å². The summed E-state index contributed by atoms with van der Waals surface area (Å²) in [6.07, 6.45) is 5.75. The van der Waals surface area contributed by atoms with E-state index in [-0.39, 0.29) is 11.0 Å². The fourth-order valence-electron chi connectivity index (χ4n) is 2.81. The van der Waals surface area contributed by atoms with E-state index in [4.69, 9.17) is 17.0 Å². The van der Waals surface area contributed by atoms with Gasteiger partial charge in [0.1, 0.15) is 12.4 Å². The van der Waals surface area contributed by atoms with Crippen molar-refractivity contribution in [2.45, 2.75) is 52.1 Å². The fraction of sp³-hybridized carbons (Fsp3) is 0.348. The molecule has 0 aliphatic rings. The Morgan fingerprint density at radius 3 is 2.37 bits per heavy atom. The minimum Gasteiger partial charge on any atom is -0.488 e. The molecule has 0 unspecified atom stereocenters. The number of rotatable bonds is 10. The van der Waals surface area contributed by atoms with Crippen molar-refractivity contribution in [1.82, 2.24) is 16.2 Å². The second-order valence-electron chi connectivity index (χ2n) is 6.89. The van der Waals surface area contributed by atoms with Gasteiger partial charge in [0.2, 0.25) is 5.91 Å². The number of carbonyl (C=O) groups excluding carboxylic acids is 2. The topological polar surface area (TPSA) is 79.5 Å². The summed E-state index contributed by atoms with van der Waals surface area (Å²) in [5, 5.41) is 2.63. The summed E-state index contributed by atoms with van der Waals surface area (Å²) in [6.45, 7) is 2.50. The van der Waals surface area contributed by atoms with Crippen LogP contribution in [0.1, 0.15) is 61.4 Å². The first kappa shape index (κ1) is 23.3. The van der Waals surface area contributed by atoms with Gasteiger partial charge in [-0.3, -0.25) is 20.4 Å². The minimum absolute atomic E-state index is 0.0598. The van der Waals surface area contributed by atoms with E-state index in [1.54, 1.807) is 24.3 Å². The number of carbonyl (C=O) groups is 2. The van der Waals surface area contributed by atoms with Gasteiger partial charge in [-0.15, -0.1) is 0 Å². The number of hydrogen-bond donors (Lipinski definition) is 3. The summed E-state index contributed by atoms with van der Waals surface area (Å²) in [6, 6.07) is 16.7. The average molecular weight is 428 g/mol. The fourth-order valence-corrected chi connectivity index (χ4v) is 2.97. The number of benzene rings is 2. The van der Waals surface area contributed by atoms with Gasteiger partial charge in [0.15, 0.2) is 5.11 Å². The van der Waals surface area contributed by atoms with Gasteiger partial charge in [-0.05, 0) is 36.3 Å². The van der Waals surface area contributed by atoms with Crippen molar-refractivity contribution in [1.29, 1.82) is 0 Å². The normalized spacial score (nSPS) is 10.2. The maximum Gasteiger partial charge on any atom is 0.273 e. The Labute approximate surface area is 183 Å². The van der Waals surface area contributed by atoms with Gasteiger partial charge in [0.25, 0.3) is 5.91 Å². The molecule has 0 saturated heterocycles. The Morgan fingerprint density at radius 2 is 1.60 bits per heavy atom. The minimum atomic E-state index is -0.408. The van der Waals surface area contributed by atoms with E-state index in [2.05, 4.69) is 23.1 Å². The number of amides is 2. The van der Waals surface area contributed by atoms with E-state index < -0.39 is 5.91 Å². The molecule has 6 nitrogen and oxygen atoms in total. The summed E-state index contributed by atoms with van der Waals surface area (Å²) < 4.78 is 5.80. The van der Waals surface area contributed by atoms with Crippen molar-refractivity contribution in [2.75, 3.05) is 0 Å². The Balaban J connectivity index is 1.77. The van der Waals surface area contributed by atoms with Gasteiger partial charge in [0, 0.05) is 6.42 Å². The lowest BCUT2D eigenvalue weighted by Crippen LogP contribution is -2.48. The van der Waals surface area contributed by atoms with Crippen LogP contribution in [0.4, 0.5) is 0 Å². The van der Waals surface area contributed by atoms with Gasteiger partial charge >= 0.3 is 0 Å². The van der Waals surface area contributed by atoms with Gasteiger partial charge in [-0.25, -0.2) is 0 Å². The summed E-state index contributed by atoms with van der Waals surface area (Å²) in [5.41, 5.74) is 6.44. The number of hydrazine groups is 1. The Bertz CT molecular complexity index is 827. The quantitative estimate of drug-likeness (QED) is 0.300. The van der Waals surface area contributed by atoms with Crippen molar-refractivity contribution in [3.63, 3.8) is 0 Å². The Morgan fingerprint density at radius 1 is 0.900 bits per heavy atom. The lowest BCUT2D eigenvalue weighted by Gasteiger charge is -2.13. The Kier molecular flexibility index (Phi) is 10.4. The average Bonchev–Trinajstić information content (AvgIpc) is 2.77. The van der Waals surface area contributed by atoms with Crippen molar-refractivity contribution in [3.8, 4) is 5.75 Å². The van der Waals surface area contributed by atoms with Crippen LogP contribution < -0.4 is 20.9 Å². The summed E-state index contributed by atoms with van der Waals surface area (Å²) in [5.74, 6) is -0.109. The molecule has 3 N–H and O–H groups in total. The number of unbranched alkanes of at least 4 members (excludes halogenated alkanes) is 4. The summed E-state index contributed by atoms with van der Waals surface area (Å²) in [4.78, 5) is 24.4. The van der Waals surface area contributed by atoms with Crippen LogP contribution in [-0.4, -0.2) is 16.9 Å². The predicted octanol–water partition coefficient (Wildman–Crippen LogP) is 4.26. The molecule has 2 rings (SSSR count). The van der Waals surface area contributed by atoms with E-state index in [1.807, 2.05) is 30.3 Å². The molecule has 0 heterocycles. The third-order valence-electron chi connectivity index (χ3n) is 4.42. The van der Waals surface area contributed by atoms with Gasteiger partial charge in [-0.1, -0.05) is 75.1 Å². The highest BCUT2D eigenvalue weighted by molar-refractivity contribution is 7.80. The molecule has 0 saturated carbocycles. The molecule has 0 aliphatic heterocycles. The molecule has 160 valence electrons. The number of ether oxygens (including phenoxy) is 1. The molecule has 0 bridgehead atoms. The SMILES string of the molecule is CCCCCCCC(=O)NC(=S)NNC(=O)c1ccccc1OCc1ccccc1. The van der Waals surface area contributed by atoms with Crippen molar-refractivity contribution >= 4 is 29.1 Å². The van der Waals surface area contributed by atoms with Crippen molar-refractivity contribution in [3.05, 3.63) is 65.7 Å². The van der Waals surface area contributed by atoms with Crippen LogP contribution in [0, 0.1) is 0 Å². The first-order valence-corrected chi connectivity index (χ1v) is 10.7. The van der Waals surface area contributed by atoms with Crippen LogP contribution in [0.2, 0.25) is 0 Å². The third kappa shape index (κ3) is 8.61. The molecule has 0 spiro atoms. The lowest BCUT2D eigenvalue weighted by molar-refractivity contribution is -0.119. The number of nitrogens with one attached hydrogen (secondary N) is 3. The first-order chi connectivity index (χ1) is 14.6. The molecule has 0 atom stereocenters. The number of hydrogen-bond acceptors (Lipinski definition) is 4. The molecule has 30 heavy (non-hydrogen) atoms. The third-order valence-corrected chi connectivity index (χ3v) is 4.62. The Hall–Kier alpha value is -2.93. The number of thiocarbonyl (C=S) groups is 1. The second-order valence-corrected chi connectivity index (χ2v) is 7.30. The second kappa shape index (κ2) is 13.3. The molecule has 0 aliphatic carbocycles. The van der Waals surface area contributed by atoms with Gasteiger partial charge in [-0.2, -0.15) is 0 Å². The van der Waals surface area contributed by atoms with Gasteiger partial charge < -0.3 is 10.1 Å². The lowest BCUT2D eigenvalue weighted by atomic mass is 10.1. The van der Waals surface area contributed by atoms with E-state index in [0.717, 1.165) is 24.8 Å². The molecule has 7 heteroatoms. The first-order valence-electron chi connectivity index (χ1n) is 10.3. The molecule has 0 radical (unpaired) electrons. The van der Waals surface area contributed by atoms with Crippen LogP contribution >= 0.6 is 12.2 Å². The highest BCUT2D eigenvalue weighted by Gasteiger charge is 2.13. The largest absolute Gasteiger partial charge is 0.488 e. The van der Waals surface area contributed by atoms with Crippen LogP contribution in [0.15, 0.2) is 54.6 Å². The summed E-state index contributed by atoms with van der Waals surface area (Å²) in [7, 11) is 0. The van der Waals surface area contributed by atoms with Gasteiger partial charge in [0.05, 0.1) is 5.56 Å². The standard InChI is InChI=1S/C23H29N3O3S/c1-2-3-4-5-9-16-21(27)24-23(30)26-25-22(28)19-14-10-11-15-20(19)29-17-18-12-7-6-8-13-18/h6-8,10-15H,2-5,9,16-17H2,1H3,(H,25,28)(H2,24,26,27,30). The van der Waals surface area contributed by atoms with E-state index in [0.29, 0.717) is 24.3 Å². The smallest absolute Gasteiger partial charge is 0.273 e. The molecular formula is C23H29N3O3S. The monoisotopic (exact) mass is 427 g/mol. The van der Waals surface area contributed by atoms with Crippen molar-refractivity contribution < 1.29 is 14.3 Å². The van der Waals surface area contributed by atoms with Crippen LogP contribution in [-0.2, 0) is 11.4 Å². The molecule has 2 aromatic carbocycles. The number of para-hydroxylation sites is 1. The van der Waals surface area contributed by atoms with E-state index in [1.165, 1.54) is 12.8 Å². The highest BCUT2D eigenvalue weighted by Crippen LogP contribution is 2.19. The molecule has 0 aromatic heterocycles. The predicted molar refractivity (Wildman–Crippen MR) is 122 cm³/mol. The maximum atomic E-state index is 12.5. The molecule has 2 amide bonds. The molecule has 0 fully saturated rings. The van der Waals surface area contributed by atoms with Crippen LogP contribution in [0.3, 0.4) is 0 Å². The molecule has 2 aromatic rings. The van der Waals surface area contributed by atoms with E-state index >= 15 is 0 Å². The summed E-state index contributed by atoms with van der Waals surface area (Å²) >= 11 is 5.08. The zero-order valence-electron chi connectivity index (χ0n) is 17.3. The highest BCUT2D eigenvalue weighted by atomic mass is 32.1. The zero-order valence-corrected chi connectivity index (χ0v) is 18.1. The molecular weight excluding hydrogens is 398 g/mol. The van der Waals surface area contributed by atoms with E-state index in [9.17, 15) is 9.59 Å².